The van der Waals surface area contributed by atoms with Gasteiger partial charge in [0.15, 0.2) is 11.6 Å². The highest BCUT2D eigenvalue weighted by molar-refractivity contribution is 6.17. The molecule has 0 unspecified atom stereocenters. The van der Waals surface area contributed by atoms with Crippen LogP contribution < -0.4 is 4.74 Å². The van der Waals surface area contributed by atoms with Crippen molar-refractivity contribution >= 4 is 17.3 Å². The van der Waals surface area contributed by atoms with Crippen molar-refractivity contribution in [3.05, 3.63) is 57.5 Å². The normalized spacial score (nSPS) is 10.3. The minimum absolute atomic E-state index is 0.121. The van der Waals surface area contributed by atoms with Gasteiger partial charge in [-0.25, -0.2) is 9.37 Å². The number of pyridine rings is 1. The number of halogens is 2. The van der Waals surface area contributed by atoms with Gasteiger partial charge >= 0.3 is 0 Å². The third-order valence-electron chi connectivity index (χ3n) is 2.57. The molecule has 1 heterocycles. The number of non-ortho nitro benzene ring substituents is 1. The number of nitrogens with zero attached hydrogens (tertiary/aromatic N) is 2. The lowest BCUT2D eigenvalue weighted by molar-refractivity contribution is -0.385. The van der Waals surface area contributed by atoms with Crippen molar-refractivity contribution < 1.29 is 14.1 Å². The van der Waals surface area contributed by atoms with Gasteiger partial charge in [0, 0.05) is 23.7 Å². The Bertz CT molecular complexity index is 664. The summed E-state index contributed by atoms with van der Waals surface area (Å²) in [6.45, 7) is 1.75. The average molecular weight is 297 g/mol. The molecule has 5 nitrogen and oxygen atoms in total. The molecule has 0 spiro atoms. The number of aryl methyl sites for hydroxylation is 1. The van der Waals surface area contributed by atoms with Gasteiger partial charge in [-0.2, -0.15) is 0 Å². The Balaban J connectivity index is 2.28. The van der Waals surface area contributed by atoms with Gasteiger partial charge in [-0.05, 0) is 24.6 Å². The van der Waals surface area contributed by atoms with E-state index in [9.17, 15) is 14.5 Å². The molecule has 0 bridgehead atoms. The first-order valence-corrected chi connectivity index (χ1v) is 6.18. The third kappa shape index (κ3) is 3.03. The minimum Gasteiger partial charge on any atom is -0.436 e. The lowest BCUT2D eigenvalue weighted by Crippen LogP contribution is -1.96. The zero-order valence-electron chi connectivity index (χ0n) is 10.5. The van der Waals surface area contributed by atoms with Gasteiger partial charge in [0.1, 0.15) is 0 Å². The summed E-state index contributed by atoms with van der Waals surface area (Å²) in [6.07, 6.45) is 1.53. The highest BCUT2D eigenvalue weighted by Crippen LogP contribution is 2.28. The Morgan fingerprint density at radius 1 is 1.45 bits per heavy atom. The Labute approximate surface area is 119 Å². The summed E-state index contributed by atoms with van der Waals surface area (Å²) in [5.41, 5.74) is 1.18. The lowest BCUT2D eigenvalue weighted by atomic mass is 10.2. The summed E-state index contributed by atoms with van der Waals surface area (Å²) in [7, 11) is 0. The molecule has 0 aliphatic rings. The van der Waals surface area contributed by atoms with E-state index >= 15 is 0 Å². The van der Waals surface area contributed by atoms with Crippen LogP contribution in [0.25, 0.3) is 0 Å². The van der Waals surface area contributed by atoms with E-state index in [0.717, 1.165) is 11.6 Å². The first kappa shape index (κ1) is 14.2. The van der Waals surface area contributed by atoms with Gasteiger partial charge in [-0.1, -0.05) is 0 Å². The van der Waals surface area contributed by atoms with Crippen LogP contribution in [0.3, 0.4) is 0 Å². The first-order valence-electron chi connectivity index (χ1n) is 5.64. The largest absolute Gasteiger partial charge is 0.436 e. The molecule has 1 aromatic heterocycles. The molecular weight excluding hydrogens is 287 g/mol. The average Bonchev–Trinajstić information content (AvgIpc) is 2.42. The van der Waals surface area contributed by atoms with Crippen LogP contribution in [-0.2, 0) is 5.88 Å². The van der Waals surface area contributed by atoms with Crippen LogP contribution in [0.4, 0.5) is 10.1 Å². The van der Waals surface area contributed by atoms with Gasteiger partial charge < -0.3 is 4.74 Å². The lowest BCUT2D eigenvalue weighted by Gasteiger charge is -2.09. The summed E-state index contributed by atoms with van der Waals surface area (Å²) >= 11 is 5.68. The van der Waals surface area contributed by atoms with Gasteiger partial charge in [0.25, 0.3) is 5.69 Å². The van der Waals surface area contributed by atoms with Gasteiger partial charge in [-0.15, -0.1) is 11.6 Å². The highest BCUT2D eigenvalue weighted by Gasteiger charge is 2.13. The molecule has 0 aliphatic carbocycles. The Kier molecular flexibility index (Phi) is 4.14. The van der Waals surface area contributed by atoms with Crippen LogP contribution in [-0.4, -0.2) is 9.91 Å². The fourth-order valence-electron chi connectivity index (χ4n) is 1.59. The van der Waals surface area contributed by atoms with Crippen molar-refractivity contribution in [2.75, 3.05) is 0 Å². The molecular formula is C13H10ClFN2O3. The molecule has 0 aliphatic heterocycles. The van der Waals surface area contributed by atoms with Crippen molar-refractivity contribution in [3.63, 3.8) is 0 Å². The standard InChI is InChI=1S/C13H10ClFN2O3/c1-8-4-9(6-14)7-16-13(8)20-12-3-2-10(17(18)19)5-11(12)15/h2-5,7H,6H2,1H3. The minimum atomic E-state index is -0.818. The Morgan fingerprint density at radius 2 is 2.20 bits per heavy atom. The second-order valence-electron chi connectivity index (χ2n) is 4.07. The zero-order chi connectivity index (χ0) is 14.7. The van der Waals surface area contributed by atoms with E-state index in [1.807, 2.05) is 0 Å². The molecule has 1 aromatic carbocycles. The Morgan fingerprint density at radius 3 is 2.75 bits per heavy atom. The fourth-order valence-corrected chi connectivity index (χ4v) is 1.74. The van der Waals surface area contributed by atoms with Gasteiger partial charge in [-0.3, -0.25) is 10.1 Å². The van der Waals surface area contributed by atoms with Crippen LogP contribution in [0.2, 0.25) is 0 Å². The molecule has 0 fully saturated rings. The number of hydrogen-bond donors (Lipinski definition) is 0. The van der Waals surface area contributed by atoms with Crippen LogP contribution >= 0.6 is 11.6 Å². The summed E-state index contributed by atoms with van der Waals surface area (Å²) in [5, 5.41) is 10.5. The predicted octanol–water partition coefficient (Wildman–Crippen LogP) is 3.97. The van der Waals surface area contributed by atoms with Crippen LogP contribution in [0, 0.1) is 22.9 Å². The maximum atomic E-state index is 13.7. The van der Waals surface area contributed by atoms with E-state index in [-0.39, 0.29) is 17.3 Å². The molecule has 0 saturated heterocycles. The third-order valence-corrected chi connectivity index (χ3v) is 2.88. The fraction of sp³-hybridized carbons (Fsp3) is 0.154. The number of nitro benzene ring substituents is 1. The molecule has 0 saturated carbocycles. The topological polar surface area (TPSA) is 65.3 Å². The molecule has 104 valence electrons. The zero-order valence-corrected chi connectivity index (χ0v) is 11.2. The first-order chi connectivity index (χ1) is 9.51. The SMILES string of the molecule is Cc1cc(CCl)cnc1Oc1ccc([N+](=O)[O-])cc1F. The maximum absolute atomic E-state index is 13.7. The van der Waals surface area contributed by atoms with E-state index in [4.69, 9.17) is 16.3 Å². The number of hydrogen-bond acceptors (Lipinski definition) is 4. The molecule has 20 heavy (non-hydrogen) atoms. The smallest absolute Gasteiger partial charge is 0.272 e. The molecule has 0 atom stereocenters. The second-order valence-corrected chi connectivity index (χ2v) is 4.34. The van der Waals surface area contributed by atoms with Gasteiger partial charge in [0.2, 0.25) is 5.88 Å². The Hall–Kier alpha value is -2.21. The number of rotatable bonds is 4. The summed E-state index contributed by atoms with van der Waals surface area (Å²) < 4.78 is 19.0. The van der Waals surface area contributed by atoms with E-state index in [2.05, 4.69) is 4.98 Å². The number of benzene rings is 1. The number of aromatic nitrogens is 1. The quantitative estimate of drug-likeness (QED) is 0.486. The summed E-state index contributed by atoms with van der Waals surface area (Å²) in [5.74, 6) is -0.390. The summed E-state index contributed by atoms with van der Waals surface area (Å²) in [4.78, 5) is 13.9. The number of alkyl halides is 1. The molecule has 0 radical (unpaired) electrons. The van der Waals surface area contributed by atoms with E-state index in [0.29, 0.717) is 11.4 Å². The molecule has 2 aromatic rings. The number of ether oxygens (including phenoxy) is 1. The highest BCUT2D eigenvalue weighted by atomic mass is 35.5. The van der Waals surface area contributed by atoms with Crippen molar-refractivity contribution in [2.45, 2.75) is 12.8 Å². The van der Waals surface area contributed by atoms with Crippen molar-refractivity contribution in [1.29, 1.82) is 0 Å². The van der Waals surface area contributed by atoms with Crippen molar-refractivity contribution in [1.82, 2.24) is 4.98 Å². The van der Waals surface area contributed by atoms with E-state index in [1.165, 1.54) is 18.3 Å². The second kappa shape index (κ2) is 5.83. The molecule has 0 N–H and O–H groups in total. The van der Waals surface area contributed by atoms with Gasteiger partial charge in [0.05, 0.1) is 11.0 Å². The number of nitro groups is 1. The molecule has 0 amide bonds. The monoisotopic (exact) mass is 296 g/mol. The molecule has 7 heteroatoms. The van der Waals surface area contributed by atoms with E-state index in [1.54, 1.807) is 13.0 Å². The summed E-state index contributed by atoms with van der Waals surface area (Å²) in [6, 6.07) is 4.95. The van der Waals surface area contributed by atoms with E-state index < -0.39 is 10.7 Å². The van der Waals surface area contributed by atoms with Crippen LogP contribution in [0.5, 0.6) is 11.6 Å². The van der Waals surface area contributed by atoms with Crippen molar-refractivity contribution in [3.8, 4) is 11.6 Å². The van der Waals surface area contributed by atoms with Crippen molar-refractivity contribution in [2.24, 2.45) is 0 Å². The van der Waals surface area contributed by atoms with Crippen LogP contribution in [0.1, 0.15) is 11.1 Å². The predicted molar refractivity (Wildman–Crippen MR) is 71.7 cm³/mol. The molecule has 2 rings (SSSR count). The maximum Gasteiger partial charge on any atom is 0.272 e. The van der Waals surface area contributed by atoms with Crippen LogP contribution in [0.15, 0.2) is 30.5 Å².